The molecule has 1 aliphatic rings. The normalized spacial score (nSPS) is 15.6. The Balaban J connectivity index is 1.58. The molecule has 3 rings (SSSR count). The van der Waals surface area contributed by atoms with Crippen molar-refractivity contribution in [1.29, 1.82) is 0 Å². The van der Waals surface area contributed by atoms with Gasteiger partial charge in [0.1, 0.15) is 11.6 Å². The number of fused-ring (bicyclic) bond motifs is 1. The van der Waals surface area contributed by atoms with E-state index < -0.39 is 11.7 Å². The third-order valence-electron chi connectivity index (χ3n) is 4.56. The van der Waals surface area contributed by atoms with Crippen LogP contribution in [0.5, 0.6) is 5.75 Å². The standard InChI is InChI=1S/C21H23FN2O3/c1-2-27-19-8-4-3-6-14(19)7-5-11-23-21(26)17-13-20(25)24-18-10-9-15(22)12-16(17)18/h3-4,6,8-10,12,17H,2,5,7,11,13H2,1H3,(H,23,26)(H,24,25)/t17-/m0/s1. The van der Waals surface area contributed by atoms with Gasteiger partial charge in [-0.15, -0.1) is 0 Å². The molecule has 0 unspecified atom stereocenters. The summed E-state index contributed by atoms with van der Waals surface area (Å²) < 4.78 is 19.2. The number of anilines is 1. The SMILES string of the molecule is CCOc1ccccc1CCCNC(=O)[C@H]1CC(=O)Nc2ccc(F)cc21. The van der Waals surface area contributed by atoms with Crippen molar-refractivity contribution in [2.45, 2.75) is 32.1 Å². The van der Waals surface area contributed by atoms with Crippen molar-refractivity contribution in [2.75, 3.05) is 18.5 Å². The number of carbonyl (C=O) groups is 2. The van der Waals surface area contributed by atoms with Gasteiger partial charge >= 0.3 is 0 Å². The Labute approximate surface area is 157 Å². The lowest BCUT2D eigenvalue weighted by atomic mass is 9.89. The van der Waals surface area contributed by atoms with Crippen LogP contribution in [0, 0.1) is 5.82 Å². The third kappa shape index (κ3) is 4.64. The summed E-state index contributed by atoms with van der Waals surface area (Å²) in [6.07, 6.45) is 1.53. The number of nitrogens with one attached hydrogen (secondary N) is 2. The van der Waals surface area contributed by atoms with Gasteiger partial charge in [0.25, 0.3) is 0 Å². The zero-order valence-electron chi connectivity index (χ0n) is 15.3. The van der Waals surface area contributed by atoms with E-state index in [2.05, 4.69) is 10.6 Å². The third-order valence-corrected chi connectivity index (χ3v) is 4.56. The highest BCUT2D eigenvalue weighted by Crippen LogP contribution is 2.32. The summed E-state index contributed by atoms with van der Waals surface area (Å²) in [6.45, 7) is 3.02. The first kappa shape index (κ1) is 18.9. The maximum absolute atomic E-state index is 13.6. The van der Waals surface area contributed by atoms with Crippen LogP contribution in [0.4, 0.5) is 10.1 Å². The summed E-state index contributed by atoms with van der Waals surface area (Å²) in [5.74, 6) is -0.718. The van der Waals surface area contributed by atoms with E-state index in [1.54, 1.807) is 0 Å². The predicted octanol–water partition coefficient (Wildman–Crippen LogP) is 3.40. The van der Waals surface area contributed by atoms with Crippen LogP contribution in [0.1, 0.15) is 36.8 Å². The van der Waals surface area contributed by atoms with Gasteiger partial charge in [0.05, 0.1) is 12.5 Å². The largest absolute Gasteiger partial charge is 0.494 e. The average Bonchev–Trinajstić information content (AvgIpc) is 2.66. The molecule has 1 aliphatic heterocycles. The quantitative estimate of drug-likeness (QED) is 0.734. The summed E-state index contributed by atoms with van der Waals surface area (Å²) in [5.41, 5.74) is 2.12. The van der Waals surface area contributed by atoms with E-state index in [-0.39, 0.29) is 18.2 Å². The zero-order valence-corrected chi connectivity index (χ0v) is 15.3. The minimum atomic E-state index is -0.667. The van der Waals surface area contributed by atoms with Gasteiger partial charge in [-0.3, -0.25) is 9.59 Å². The first-order valence-electron chi connectivity index (χ1n) is 9.16. The smallest absolute Gasteiger partial charge is 0.228 e. The van der Waals surface area contributed by atoms with Crippen LogP contribution >= 0.6 is 0 Å². The molecular weight excluding hydrogens is 347 g/mol. The summed E-state index contributed by atoms with van der Waals surface area (Å²) in [4.78, 5) is 24.4. The highest BCUT2D eigenvalue weighted by molar-refractivity contribution is 6.01. The Hall–Kier alpha value is -2.89. The van der Waals surface area contributed by atoms with Gasteiger partial charge in [-0.2, -0.15) is 0 Å². The van der Waals surface area contributed by atoms with Crippen molar-refractivity contribution in [1.82, 2.24) is 5.32 Å². The van der Waals surface area contributed by atoms with E-state index in [1.165, 1.54) is 18.2 Å². The topological polar surface area (TPSA) is 67.4 Å². The number of benzene rings is 2. The number of hydrogen-bond donors (Lipinski definition) is 2. The molecule has 1 atom stereocenters. The van der Waals surface area contributed by atoms with Crippen molar-refractivity contribution in [3.63, 3.8) is 0 Å². The second-order valence-corrected chi connectivity index (χ2v) is 6.47. The lowest BCUT2D eigenvalue weighted by Crippen LogP contribution is -2.35. The fourth-order valence-corrected chi connectivity index (χ4v) is 3.29. The molecule has 2 N–H and O–H groups in total. The second-order valence-electron chi connectivity index (χ2n) is 6.47. The number of amides is 2. The molecule has 0 radical (unpaired) electrons. The van der Waals surface area contributed by atoms with Gasteiger partial charge in [-0.25, -0.2) is 4.39 Å². The average molecular weight is 370 g/mol. The molecule has 2 aromatic rings. The van der Waals surface area contributed by atoms with Gasteiger partial charge in [-0.05, 0) is 55.2 Å². The monoisotopic (exact) mass is 370 g/mol. The Morgan fingerprint density at radius 3 is 2.93 bits per heavy atom. The number of para-hydroxylation sites is 1. The van der Waals surface area contributed by atoms with Crippen molar-refractivity contribution in [2.24, 2.45) is 0 Å². The minimum Gasteiger partial charge on any atom is -0.494 e. The van der Waals surface area contributed by atoms with Crippen LogP contribution in [0.2, 0.25) is 0 Å². The summed E-state index contributed by atoms with van der Waals surface area (Å²) in [6, 6.07) is 11.9. The summed E-state index contributed by atoms with van der Waals surface area (Å²) in [5, 5.41) is 5.55. The Bertz CT molecular complexity index is 838. The fourth-order valence-electron chi connectivity index (χ4n) is 3.29. The number of halogens is 1. The molecule has 142 valence electrons. The van der Waals surface area contributed by atoms with E-state index in [0.29, 0.717) is 24.4 Å². The Kier molecular flexibility index (Phi) is 6.06. The minimum absolute atomic E-state index is 0.0233. The van der Waals surface area contributed by atoms with Crippen LogP contribution < -0.4 is 15.4 Å². The first-order valence-corrected chi connectivity index (χ1v) is 9.16. The fraction of sp³-hybridized carbons (Fsp3) is 0.333. The maximum atomic E-state index is 13.6. The molecule has 0 saturated heterocycles. The summed E-state index contributed by atoms with van der Waals surface area (Å²) >= 11 is 0. The molecule has 0 spiro atoms. The van der Waals surface area contributed by atoms with Crippen molar-refractivity contribution in [3.05, 3.63) is 59.4 Å². The molecule has 0 bridgehead atoms. The number of ether oxygens (including phenoxy) is 1. The molecule has 27 heavy (non-hydrogen) atoms. The molecule has 1 heterocycles. The molecule has 2 aromatic carbocycles. The lowest BCUT2D eigenvalue weighted by Gasteiger charge is -2.25. The predicted molar refractivity (Wildman–Crippen MR) is 101 cm³/mol. The van der Waals surface area contributed by atoms with Crippen LogP contribution in [0.3, 0.4) is 0 Å². The highest BCUT2D eigenvalue weighted by atomic mass is 19.1. The van der Waals surface area contributed by atoms with Crippen LogP contribution in [0.15, 0.2) is 42.5 Å². The molecule has 2 amide bonds. The van der Waals surface area contributed by atoms with Gasteiger partial charge in [0.15, 0.2) is 0 Å². The van der Waals surface area contributed by atoms with Crippen molar-refractivity contribution in [3.8, 4) is 5.75 Å². The van der Waals surface area contributed by atoms with Gasteiger partial charge < -0.3 is 15.4 Å². The molecule has 5 nitrogen and oxygen atoms in total. The summed E-state index contributed by atoms with van der Waals surface area (Å²) in [7, 11) is 0. The molecule has 0 fully saturated rings. The van der Waals surface area contributed by atoms with E-state index in [4.69, 9.17) is 4.74 Å². The molecule has 0 aromatic heterocycles. The first-order chi connectivity index (χ1) is 13.1. The zero-order chi connectivity index (χ0) is 19.2. The number of carbonyl (C=O) groups excluding carboxylic acids is 2. The van der Waals surface area contributed by atoms with Crippen molar-refractivity contribution >= 4 is 17.5 Å². The molecule has 6 heteroatoms. The van der Waals surface area contributed by atoms with Gasteiger partial charge in [-0.1, -0.05) is 18.2 Å². The van der Waals surface area contributed by atoms with E-state index in [0.717, 1.165) is 24.2 Å². The van der Waals surface area contributed by atoms with Crippen LogP contribution in [0.25, 0.3) is 0 Å². The maximum Gasteiger partial charge on any atom is 0.228 e. The molecule has 0 saturated carbocycles. The number of hydrogen-bond acceptors (Lipinski definition) is 3. The van der Waals surface area contributed by atoms with Crippen LogP contribution in [-0.4, -0.2) is 25.0 Å². The van der Waals surface area contributed by atoms with Gasteiger partial charge in [0.2, 0.25) is 11.8 Å². The van der Waals surface area contributed by atoms with Gasteiger partial charge in [0, 0.05) is 18.7 Å². The Morgan fingerprint density at radius 2 is 2.11 bits per heavy atom. The molecule has 0 aliphatic carbocycles. The van der Waals surface area contributed by atoms with E-state index >= 15 is 0 Å². The lowest BCUT2D eigenvalue weighted by molar-refractivity contribution is -0.126. The number of rotatable bonds is 7. The van der Waals surface area contributed by atoms with E-state index in [9.17, 15) is 14.0 Å². The van der Waals surface area contributed by atoms with Crippen molar-refractivity contribution < 1.29 is 18.7 Å². The second kappa shape index (κ2) is 8.66. The molecular formula is C21H23FN2O3. The van der Waals surface area contributed by atoms with E-state index in [1.807, 2.05) is 31.2 Å². The van der Waals surface area contributed by atoms with Crippen LogP contribution in [-0.2, 0) is 16.0 Å². The highest BCUT2D eigenvalue weighted by Gasteiger charge is 2.30. The Morgan fingerprint density at radius 1 is 1.30 bits per heavy atom. The number of aryl methyl sites for hydroxylation is 1.